The summed E-state index contributed by atoms with van der Waals surface area (Å²) in [5.74, 6) is 1.68. The molecule has 2 aromatic carbocycles. The van der Waals surface area contributed by atoms with Gasteiger partial charge in [0.15, 0.2) is 11.5 Å². The van der Waals surface area contributed by atoms with Crippen molar-refractivity contribution in [2.45, 2.75) is 6.54 Å². The van der Waals surface area contributed by atoms with Gasteiger partial charge >= 0.3 is 0 Å². The summed E-state index contributed by atoms with van der Waals surface area (Å²) < 4.78 is 15.7. The van der Waals surface area contributed by atoms with Gasteiger partial charge in [-0.1, -0.05) is 47.6 Å². The summed E-state index contributed by atoms with van der Waals surface area (Å²) in [5.41, 5.74) is 1.58. The molecule has 7 nitrogen and oxygen atoms in total. The minimum absolute atomic E-state index is 0.137. The summed E-state index contributed by atoms with van der Waals surface area (Å²) >= 11 is 0. The van der Waals surface area contributed by atoms with Gasteiger partial charge in [0.1, 0.15) is 0 Å². The van der Waals surface area contributed by atoms with Gasteiger partial charge < -0.3 is 19.3 Å². The quantitative estimate of drug-likeness (QED) is 0.648. The lowest BCUT2D eigenvalue weighted by Gasteiger charge is -2.09. The number of methoxy groups -OCH3 is 2. The summed E-state index contributed by atoms with van der Waals surface area (Å²) in [4.78, 5) is 16.3. The first kappa shape index (κ1) is 18.2. The van der Waals surface area contributed by atoms with Crippen molar-refractivity contribution in [2.24, 2.45) is 0 Å². The highest BCUT2D eigenvalue weighted by Crippen LogP contribution is 2.31. The van der Waals surface area contributed by atoms with Crippen molar-refractivity contribution in [1.82, 2.24) is 15.5 Å². The molecule has 3 aromatic rings. The largest absolute Gasteiger partial charge is 0.493 e. The van der Waals surface area contributed by atoms with Crippen LogP contribution in [0.2, 0.25) is 0 Å². The fourth-order valence-electron chi connectivity index (χ4n) is 2.46. The second-order valence-electron chi connectivity index (χ2n) is 5.51. The van der Waals surface area contributed by atoms with Gasteiger partial charge in [-0.3, -0.25) is 4.79 Å². The first-order valence-electron chi connectivity index (χ1n) is 8.26. The van der Waals surface area contributed by atoms with Gasteiger partial charge in [-0.2, -0.15) is 4.98 Å². The molecule has 0 bridgehead atoms. The van der Waals surface area contributed by atoms with Crippen molar-refractivity contribution < 1.29 is 18.8 Å². The average molecular weight is 365 g/mol. The van der Waals surface area contributed by atoms with Crippen LogP contribution in [0.5, 0.6) is 11.5 Å². The van der Waals surface area contributed by atoms with Gasteiger partial charge in [-0.15, -0.1) is 0 Å². The standard InChI is InChI=1S/C20H19N3O4/c1-25-16-10-6-9-14(19(16)26-2)11-12-17(24)21-13-18-22-20(23-27-18)15-7-4-3-5-8-15/h3-12H,13H2,1-2H3,(H,21,24). The molecular formula is C20H19N3O4. The Balaban J connectivity index is 1.61. The van der Waals surface area contributed by atoms with E-state index in [1.807, 2.05) is 42.5 Å². The summed E-state index contributed by atoms with van der Waals surface area (Å²) in [6.07, 6.45) is 3.06. The number of carbonyl (C=O) groups excluding carboxylic acids is 1. The van der Waals surface area contributed by atoms with Crippen LogP contribution in [-0.2, 0) is 11.3 Å². The molecule has 0 fully saturated rings. The number of rotatable bonds is 7. The number of benzene rings is 2. The number of carbonyl (C=O) groups is 1. The molecule has 3 rings (SSSR count). The molecular weight excluding hydrogens is 346 g/mol. The van der Waals surface area contributed by atoms with E-state index >= 15 is 0 Å². The lowest BCUT2D eigenvalue weighted by Crippen LogP contribution is -2.20. The van der Waals surface area contributed by atoms with Gasteiger partial charge in [0, 0.05) is 17.2 Å². The summed E-state index contributed by atoms with van der Waals surface area (Å²) in [5, 5.41) is 6.62. The van der Waals surface area contributed by atoms with Gasteiger partial charge in [0.05, 0.1) is 20.8 Å². The van der Waals surface area contributed by atoms with Crippen molar-refractivity contribution in [2.75, 3.05) is 14.2 Å². The number of nitrogens with zero attached hydrogens (tertiary/aromatic N) is 2. The smallest absolute Gasteiger partial charge is 0.246 e. The van der Waals surface area contributed by atoms with Crippen LogP contribution in [0.25, 0.3) is 17.5 Å². The maximum absolute atomic E-state index is 12.1. The molecule has 1 amide bonds. The van der Waals surface area contributed by atoms with E-state index in [4.69, 9.17) is 14.0 Å². The summed E-state index contributed by atoms with van der Waals surface area (Å²) in [6.45, 7) is 0.137. The second-order valence-corrected chi connectivity index (χ2v) is 5.51. The van der Waals surface area contributed by atoms with Crippen LogP contribution >= 0.6 is 0 Å². The number of ether oxygens (including phenoxy) is 2. The maximum atomic E-state index is 12.1. The predicted molar refractivity (Wildman–Crippen MR) is 100 cm³/mol. The Bertz CT molecular complexity index is 935. The number of hydrogen-bond acceptors (Lipinski definition) is 6. The number of para-hydroxylation sites is 1. The van der Waals surface area contributed by atoms with Crippen LogP contribution in [0.3, 0.4) is 0 Å². The molecule has 0 aliphatic heterocycles. The monoisotopic (exact) mass is 365 g/mol. The third-order valence-corrected chi connectivity index (χ3v) is 3.76. The van der Waals surface area contributed by atoms with E-state index in [-0.39, 0.29) is 12.5 Å². The number of amides is 1. The molecule has 1 aromatic heterocycles. The highest BCUT2D eigenvalue weighted by Gasteiger charge is 2.10. The molecule has 1 N–H and O–H groups in total. The SMILES string of the molecule is COc1cccc(C=CC(=O)NCc2nc(-c3ccccc3)no2)c1OC. The second kappa shape index (κ2) is 8.66. The lowest BCUT2D eigenvalue weighted by atomic mass is 10.1. The molecule has 0 aliphatic carbocycles. The van der Waals surface area contributed by atoms with Crippen LogP contribution in [0.4, 0.5) is 0 Å². The van der Waals surface area contributed by atoms with Crippen molar-refractivity contribution >= 4 is 12.0 Å². The molecule has 0 spiro atoms. The average Bonchev–Trinajstić information content (AvgIpc) is 3.20. The zero-order chi connectivity index (χ0) is 19.1. The van der Waals surface area contributed by atoms with Crippen LogP contribution in [0.1, 0.15) is 11.5 Å². The van der Waals surface area contributed by atoms with E-state index in [1.165, 1.54) is 6.08 Å². The summed E-state index contributed by atoms with van der Waals surface area (Å²) in [6, 6.07) is 14.9. The zero-order valence-corrected chi connectivity index (χ0v) is 15.0. The Kier molecular flexibility index (Phi) is 5.84. The van der Waals surface area contributed by atoms with Crippen LogP contribution in [0.15, 0.2) is 59.1 Å². The van der Waals surface area contributed by atoms with Crippen LogP contribution < -0.4 is 14.8 Å². The van der Waals surface area contributed by atoms with Crippen molar-refractivity contribution in [3.05, 3.63) is 66.1 Å². The fraction of sp³-hybridized carbons (Fsp3) is 0.150. The third kappa shape index (κ3) is 4.52. The lowest BCUT2D eigenvalue weighted by molar-refractivity contribution is -0.116. The Morgan fingerprint density at radius 2 is 1.93 bits per heavy atom. The molecule has 27 heavy (non-hydrogen) atoms. The molecule has 138 valence electrons. The van der Waals surface area contributed by atoms with Gasteiger partial charge in [-0.05, 0) is 12.1 Å². The molecule has 0 saturated carbocycles. The van der Waals surface area contributed by atoms with E-state index in [9.17, 15) is 4.79 Å². The predicted octanol–water partition coefficient (Wildman–Crippen LogP) is 3.08. The molecule has 0 atom stereocenters. The van der Waals surface area contributed by atoms with Crippen LogP contribution in [-0.4, -0.2) is 30.3 Å². The van der Waals surface area contributed by atoms with E-state index in [0.29, 0.717) is 23.2 Å². The van der Waals surface area contributed by atoms with E-state index in [2.05, 4.69) is 15.5 Å². The first-order chi connectivity index (χ1) is 13.2. The van der Waals surface area contributed by atoms with Gasteiger partial charge in [0.25, 0.3) is 0 Å². The fourth-order valence-corrected chi connectivity index (χ4v) is 2.46. The van der Waals surface area contributed by atoms with Crippen molar-refractivity contribution in [1.29, 1.82) is 0 Å². The summed E-state index contributed by atoms with van der Waals surface area (Å²) in [7, 11) is 3.11. The molecule has 0 radical (unpaired) electrons. The van der Waals surface area contributed by atoms with Crippen LogP contribution in [0, 0.1) is 0 Å². The number of nitrogens with one attached hydrogen (secondary N) is 1. The van der Waals surface area contributed by atoms with E-state index in [0.717, 1.165) is 11.1 Å². The van der Waals surface area contributed by atoms with Crippen molar-refractivity contribution in [3.63, 3.8) is 0 Å². The van der Waals surface area contributed by atoms with E-state index in [1.54, 1.807) is 26.4 Å². The Morgan fingerprint density at radius 3 is 2.67 bits per heavy atom. The highest BCUT2D eigenvalue weighted by atomic mass is 16.5. The minimum atomic E-state index is -0.292. The topological polar surface area (TPSA) is 86.5 Å². The third-order valence-electron chi connectivity index (χ3n) is 3.76. The normalized spacial score (nSPS) is 10.7. The molecule has 0 aliphatic rings. The number of aromatic nitrogens is 2. The maximum Gasteiger partial charge on any atom is 0.246 e. The highest BCUT2D eigenvalue weighted by molar-refractivity contribution is 5.92. The van der Waals surface area contributed by atoms with E-state index < -0.39 is 0 Å². The Hall–Kier alpha value is -3.61. The molecule has 1 heterocycles. The first-order valence-corrected chi connectivity index (χ1v) is 8.26. The zero-order valence-electron chi connectivity index (χ0n) is 15.0. The van der Waals surface area contributed by atoms with Gasteiger partial charge in [-0.25, -0.2) is 0 Å². The molecule has 7 heteroatoms. The van der Waals surface area contributed by atoms with Crippen molar-refractivity contribution in [3.8, 4) is 22.9 Å². The number of hydrogen-bond donors (Lipinski definition) is 1. The molecule has 0 unspecified atom stereocenters. The molecule has 0 saturated heterocycles. The van der Waals surface area contributed by atoms with Gasteiger partial charge in [0.2, 0.25) is 17.6 Å². The minimum Gasteiger partial charge on any atom is -0.493 e. The Labute approximate surface area is 156 Å². The Morgan fingerprint density at radius 1 is 1.11 bits per heavy atom.